The van der Waals surface area contributed by atoms with Gasteiger partial charge in [-0.15, -0.1) is 0 Å². The molecule has 2 heterocycles. The molecule has 8 heteroatoms. The summed E-state index contributed by atoms with van der Waals surface area (Å²) in [6.07, 6.45) is 1.79. The molecule has 1 fully saturated rings. The molecule has 3 rings (SSSR count). The van der Waals surface area contributed by atoms with Gasteiger partial charge in [-0.2, -0.15) is 0 Å². The number of likely N-dealkylation sites (N-methyl/N-ethyl adjacent to an activating group) is 1. The van der Waals surface area contributed by atoms with Crippen molar-refractivity contribution in [3.8, 4) is 0 Å². The summed E-state index contributed by atoms with van der Waals surface area (Å²) in [5, 5.41) is 3.85. The maximum absolute atomic E-state index is 13.4. The predicted molar refractivity (Wildman–Crippen MR) is 110 cm³/mol. The number of rotatable bonds is 8. The van der Waals surface area contributed by atoms with Crippen molar-refractivity contribution in [2.75, 3.05) is 26.7 Å². The molecular weight excluding hydrogens is 384 g/mol. The number of aryl methyl sites for hydroxylation is 1. The van der Waals surface area contributed by atoms with Crippen LogP contribution in [0.1, 0.15) is 42.8 Å². The van der Waals surface area contributed by atoms with Crippen LogP contribution < -0.4 is 0 Å². The SMILES string of the molecule is CCCCN1CCN(C(C(=O)N(C)Cc2cc(C)no2)c2ccccc2)C(=O)C1=O. The van der Waals surface area contributed by atoms with Crippen LogP contribution >= 0.6 is 0 Å². The number of carbonyl (C=O) groups is 3. The Labute approximate surface area is 176 Å². The number of amides is 3. The number of hydrogen-bond acceptors (Lipinski definition) is 5. The minimum Gasteiger partial charge on any atom is -0.359 e. The topological polar surface area (TPSA) is 87.0 Å². The first-order valence-corrected chi connectivity index (χ1v) is 10.2. The summed E-state index contributed by atoms with van der Waals surface area (Å²) in [6.45, 7) is 5.37. The molecule has 0 radical (unpaired) electrons. The van der Waals surface area contributed by atoms with Gasteiger partial charge in [-0.25, -0.2) is 0 Å². The van der Waals surface area contributed by atoms with Crippen LogP contribution in [0, 0.1) is 6.92 Å². The molecule has 0 aliphatic carbocycles. The first-order valence-electron chi connectivity index (χ1n) is 10.2. The molecule has 1 aromatic carbocycles. The van der Waals surface area contributed by atoms with E-state index in [9.17, 15) is 14.4 Å². The Morgan fingerprint density at radius 2 is 1.93 bits per heavy atom. The largest absolute Gasteiger partial charge is 0.359 e. The van der Waals surface area contributed by atoms with Crippen LogP contribution in [0.4, 0.5) is 0 Å². The molecule has 0 spiro atoms. The lowest BCUT2D eigenvalue weighted by atomic mass is 10.0. The minimum atomic E-state index is -0.870. The molecule has 1 unspecified atom stereocenters. The van der Waals surface area contributed by atoms with Crippen LogP contribution in [0.5, 0.6) is 0 Å². The average molecular weight is 412 g/mol. The fourth-order valence-corrected chi connectivity index (χ4v) is 3.60. The molecule has 30 heavy (non-hydrogen) atoms. The Kier molecular flexibility index (Phi) is 6.87. The molecule has 0 N–H and O–H groups in total. The lowest BCUT2D eigenvalue weighted by Gasteiger charge is -2.39. The van der Waals surface area contributed by atoms with E-state index in [1.165, 1.54) is 9.80 Å². The summed E-state index contributed by atoms with van der Waals surface area (Å²) in [5.74, 6) is -0.902. The van der Waals surface area contributed by atoms with Gasteiger partial charge in [0.05, 0.1) is 12.2 Å². The Morgan fingerprint density at radius 3 is 2.57 bits per heavy atom. The van der Waals surface area contributed by atoms with E-state index in [1.807, 2.05) is 32.0 Å². The van der Waals surface area contributed by atoms with Gasteiger partial charge < -0.3 is 19.2 Å². The third-order valence-corrected chi connectivity index (χ3v) is 5.23. The van der Waals surface area contributed by atoms with Gasteiger partial charge in [-0.05, 0) is 18.9 Å². The lowest BCUT2D eigenvalue weighted by molar-refractivity contribution is -0.161. The standard InChI is InChI=1S/C22H28N4O4/c1-4-5-11-25-12-13-26(22(29)21(25)28)19(17-9-7-6-8-10-17)20(27)24(3)15-18-14-16(2)23-30-18/h6-10,14,19H,4-5,11-13,15H2,1-3H3. The first-order chi connectivity index (χ1) is 14.4. The monoisotopic (exact) mass is 412 g/mol. The summed E-state index contributed by atoms with van der Waals surface area (Å²) >= 11 is 0. The van der Waals surface area contributed by atoms with Crippen molar-refractivity contribution in [1.82, 2.24) is 19.9 Å². The Morgan fingerprint density at radius 1 is 1.20 bits per heavy atom. The van der Waals surface area contributed by atoms with E-state index in [2.05, 4.69) is 5.16 Å². The van der Waals surface area contributed by atoms with Crippen LogP contribution in [0.2, 0.25) is 0 Å². The number of benzene rings is 1. The number of carbonyl (C=O) groups excluding carboxylic acids is 3. The predicted octanol–water partition coefficient (Wildman–Crippen LogP) is 2.15. The van der Waals surface area contributed by atoms with Crippen molar-refractivity contribution in [2.24, 2.45) is 0 Å². The van der Waals surface area contributed by atoms with E-state index < -0.39 is 17.9 Å². The van der Waals surface area contributed by atoms with Gasteiger partial charge in [0, 0.05) is 32.7 Å². The molecule has 160 valence electrons. The first kappa shape index (κ1) is 21.5. The van der Waals surface area contributed by atoms with Gasteiger partial charge in [0.25, 0.3) is 0 Å². The van der Waals surface area contributed by atoms with Crippen LogP contribution in [0.25, 0.3) is 0 Å². The van der Waals surface area contributed by atoms with Gasteiger partial charge in [-0.1, -0.05) is 48.8 Å². The molecule has 0 bridgehead atoms. The fourth-order valence-electron chi connectivity index (χ4n) is 3.60. The highest BCUT2D eigenvalue weighted by molar-refractivity contribution is 6.35. The van der Waals surface area contributed by atoms with Crippen molar-refractivity contribution in [1.29, 1.82) is 0 Å². The lowest BCUT2D eigenvalue weighted by Crippen LogP contribution is -2.57. The average Bonchev–Trinajstić information content (AvgIpc) is 3.16. The maximum atomic E-state index is 13.4. The Bertz CT molecular complexity index is 896. The van der Waals surface area contributed by atoms with E-state index >= 15 is 0 Å². The number of piperazine rings is 1. The fraction of sp³-hybridized carbons (Fsp3) is 0.455. The number of unbranched alkanes of at least 4 members (excludes halogenated alkanes) is 1. The van der Waals surface area contributed by atoms with Gasteiger partial charge in [0.2, 0.25) is 5.91 Å². The number of hydrogen-bond donors (Lipinski definition) is 0. The third kappa shape index (κ3) is 4.69. The summed E-state index contributed by atoms with van der Waals surface area (Å²) in [7, 11) is 1.65. The summed E-state index contributed by atoms with van der Waals surface area (Å²) < 4.78 is 5.22. The van der Waals surface area contributed by atoms with Crippen molar-refractivity contribution in [3.63, 3.8) is 0 Å². The van der Waals surface area contributed by atoms with Gasteiger partial charge in [0.1, 0.15) is 6.04 Å². The molecular formula is C22H28N4O4. The van der Waals surface area contributed by atoms with Crippen molar-refractivity contribution >= 4 is 17.7 Å². The normalized spacial score (nSPS) is 15.4. The van der Waals surface area contributed by atoms with Crippen LogP contribution in [0.3, 0.4) is 0 Å². The number of nitrogens with zero attached hydrogens (tertiary/aromatic N) is 4. The van der Waals surface area contributed by atoms with E-state index in [4.69, 9.17) is 4.52 Å². The zero-order valence-electron chi connectivity index (χ0n) is 17.7. The third-order valence-electron chi connectivity index (χ3n) is 5.23. The van der Waals surface area contributed by atoms with E-state index in [1.54, 1.807) is 30.1 Å². The number of aromatic nitrogens is 1. The molecule has 1 aliphatic heterocycles. The van der Waals surface area contributed by atoms with Gasteiger partial charge in [0.15, 0.2) is 5.76 Å². The molecule has 8 nitrogen and oxygen atoms in total. The van der Waals surface area contributed by atoms with Crippen LogP contribution in [-0.4, -0.2) is 64.3 Å². The zero-order chi connectivity index (χ0) is 21.7. The molecule has 0 saturated carbocycles. The second-order valence-electron chi connectivity index (χ2n) is 7.59. The van der Waals surface area contributed by atoms with E-state index in [0.717, 1.165) is 18.5 Å². The molecule has 1 aliphatic rings. The summed E-state index contributed by atoms with van der Waals surface area (Å²) in [4.78, 5) is 43.5. The molecule has 3 amide bonds. The highest BCUT2D eigenvalue weighted by Gasteiger charge is 2.40. The molecule has 1 atom stereocenters. The smallest absolute Gasteiger partial charge is 0.313 e. The van der Waals surface area contributed by atoms with E-state index in [0.29, 0.717) is 31.0 Å². The van der Waals surface area contributed by atoms with E-state index in [-0.39, 0.29) is 12.5 Å². The van der Waals surface area contributed by atoms with Crippen LogP contribution in [0.15, 0.2) is 40.9 Å². The minimum absolute atomic E-state index is 0.224. The summed E-state index contributed by atoms with van der Waals surface area (Å²) in [5.41, 5.74) is 1.40. The van der Waals surface area contributed by atoms with Crippen molar-refractivity contribution < 1.29 is 18.9 Å². The second kappa shape index (κ2) is 9.56. The molecule has 2 aromatic rings. The Hall–Kier alpha value is -3.16. The molecule has 1 saturated heterocycles. The molecule has 1 aromatic heterocycles. The second-order valence-corrected chi connectivity index (χ2v) is 7.59. The van der Waals surface area contributed by atoms with Crippen molar-refractivity contribution in [2.45, 2.75) is 39.3 Å². The highest BCUT2D eigenvalue weighted by Crippen LogP contribution is 2.26. The van der Waals surface area contributed by atoms with Gasteiger partial charge >= 0.3 is 11.8 Å². The Balaban J connectivity index is 1.83. The zero-order valence-corrected chi connectivity index (χ0v) is 17.7. The van der Waals surface area contributed by atoms with Crippen molar-refractivity contribution in [3.05, 3.63) is 53.4 Å². The highest BCUT2D eigenvalue weighted by atomic mass is 16.5. The quantitative estimate of drug-likeness (QED) is 0.620. The maximum Gasteiger partial charge on any atom is 0.313 e. The van der Waals surface area contributed by atoms with Gasteiger partial charge in [-0.3, -0.25) is 14.4 Å². The van der Waals surface area contributed by atoms with Crippen LogP contribution in [-0.2, 0) is 20.9 Å². The summed E-state index contributed by atoms with van der Waals surface area (Å²) in [6, 6.07) is 9.99.